The maximum Gasteiger partial charge on any atom is 0.288 e. The van der Waals surface area contributed by atoms with E-state index in [4.69, 9.17) is 11.6 Å². The highest BCUT2D eigenvalue weighted by Crippen LogP contribution is 2.26. The highest BCUT2D eigenvalue weighted by molar-refractivity contribution is 6.32. The molecule has 0 aliphatic heterocycles. The first kappa shape index (κ1) is 17.6. The van der Waals surface area contributed by atoms with Crippen molar-refractivity contribution < 1.29 is 22.5 Å². The second kappa shape index (κ2) is 6.79. The largest absolute Gasteiger partial charge is 0.288 e. The molecule has 6 nitrogen and oxygen atoms in total. The highest BCUT2D eigenvalue weighted by atomic mass is 35.5. The molecule has 0 saturated heterocycles. The van der Waals surface area contributed by atoms with Gasteiger partial charge in [0, 0.05) is 11.6 Å². The molecule has 1 heterocycles. The Hall–Kier alpha value is -2.75. The number of pyridine rings is 1. The van der Waals surface area contributed by atoms with Crippen molar-refractivity contribution in [3.63, 3.8) is 0 Å². The van der Waals surface area contributed by atoms with Crippen LogP contribution in [0.25, 0.3) is 0 Å². The molecule has 0 spiro atoms. The van der Waals surface area contributed by atoms with Crippen LogP contribution in [0.15, 0.2) is 23.3 Å². The Balaban J connectivity index is 2.37. The molecule has 1 N–H and O–H groups in total. The predicted molar refractivity (Wildman–Crippen MR) is 78.0 cm³/mol. The van der Waals surface area contributed by atoms with E-state index in [9.17, 15) is 27.7 Å². The summed E-state index contributed by atoms with van der Waals surface area (Å²) in [4.78, 5) is 12.5. The summed E-state index contributed by atoms with van der Waals surface area (Å²) in [6.45, 7) is 1.35. The van der Waals surface area contributed by atoms with Gasteiger partial charge in [-0.1, -0.05) is 17.7 Å². The molecule has 0 aliphatic rings. The van der Waals surface area contributed by atoms with Crippen molar-refractivity contribution in [2.45, 2.75) is 6.92 Å². The molecule has 0 fully saturated rings. The lowest BCUT2D eigenvalue weighted by Crippen LogP contribution is -2.08. The molecule has 0 atom stereocenters. The van der Waals surface area contributed by atoms with Crippen molar-refractivity contribution in [2.24, 2.45) is 5.10 Å². The Morgan fingerprint density at radius 1 is 1.25 bits per heavy atom. The molecule has 0 saturated carbocycles. The predicted octanol–water partition coefficient (Wildman–Crippen LogP) is 4.04. The van der Waals surface area contributed by atoms with E-state index in [0.29, 0.717) is 0 Å². The number of nitro benzene ring substituents is 1. The van der Waals surface area contributed by atoms with Crippen LogP contribution in [0.1, 0.15) is 12.5 Å². The molecule has 1 aromatic carbocycles. The molecule has 24 heavy (non-hydrogen) atoms. The summed E-state index contributed by atoms with van der Waals surface area (Å²) in [5, 5.41) is 14.3. The van der Waals surface area contributed by atoms with Gasteiger partial charge in [0.15, 0.2) is 0 Å². The second-order valence-corrected chi connectivity index (χ2v) is 4.84. The van der Waals surface area contributed by atoms with Crippen LogP contribution in [0.5, 0.6) is 0 Å². The fourth-order valence-corrected chi connectivity index (χ4v) is 1.85. The van der Waals surface area contributed by atoms with E-state index in [0.717, 1.165) is 6.07 Å². The molecule has 0 unspecified atom stereocenters. The first-order valence-electron chi connectivity index (χ1n) is 6.17. The van der Waals surface area contributed by atoms with E-state index in [2.05, 4.69) is 10.1 Å². The molecule has 1 aromatic heterocycles. The van der Waals surface area contributed by atoms with Crippen LogP contribution in [0, 0.1) is 33.6 Å². The summed E-state index contributed by atoms with van der Waals surface area (Å²) in [5.74, 6) is -7.20. The average molecular weight is 363 g/mol. The lowest BCUT2D eigenvalue weighted by Gasteiger charge is -2.07. The summed E-state index contributed by atoms with van der Waals surface area (Å²) in [6.07, 6.45) is 0. The van der Waals surface area contributed by atoms with Crippen molar-refractivity contribution in [2.75, 3.05) is 5.43 Å². The monoisotopic (exact) mass is 362 g/mol. The highest BCUT2D eigenvalue weighted by Gasteiger charge is 2.20. The number of hydrogen-bond acceptors (Lipinski definition) is 5. The second-order valence-electron chi connectivity index (χ2n) is 4.43. The van der Waals surface area contributed by atoms with Gasteiger partial charge in [-0.15, -0.1) is 0 Å². The van der Waals surface area contributed by atoms with Gasteiger partial charge in [-0.2, -0.15) is 27.6 Å². The molecule has 0 amide bonds. The molecule has 2 aromatic rings. The number of nitro groups is 1. The molecule has 11 heteroatoms. The number of halogens is 5. The standard InChI is InChI=1S/C13H7ClF4N4O2/c1-5(6-2-3-7(14)8(4-6)22(23)24)20-21-11-9(15)12(17)19-13(18)10(11)16/h2-4H,1H3,(H,19,21)/b20-5-. The Bertz CT molecular complexity index is 834. The maximum absolute atomic E-state index is 13.4. The zero-order chi connectivity index (χ0) is 18.0. The summed E-state index contributed by atoms with van der Waals surface area (Å²) < 4.78 is 52.8. The number of benzene rings is 1. The van der Waals surface area contributed by atoms with Crippen LogP contribution < -0.4 is 5.43 Å². The molecule has 0 radical (unpaired) electrons. The van der Waals surface area contributed by atoms with Crippen LogP contribution in [0.2, 0.25) is 5.02 Å². The molecular weight excluding hydrogens is 356 g/mol. The van der Waals surface area contributed by atoms with Crippen molar-refractivity contribution in [1.82, 2.24) is 4.98 Å². The molecule has 0 aliphatic carbocycles. The number of hydrazone groups is 1. The molecular formula is C13H7ClF4N4O2. The van der Waals surface area contributed by atoms with E-state index in [1.807, 2.05) is 5.43 Å². The number of rotatable bonds is 4. The van der Waals surface area contributed by atoms with Crippen molar-refractivity contribution in [3.05, 3.63) is 62.4 Å². The summed E-state index contributed by atoms with van der Waals surface area (Å²) in [6, 6.07) is 3.69. The maximum atomic E-state index is 13.4. The van der Waals surface area contributed by atoms with Gasteiger partial charge in [0.1, 0.15) is 10.7 Å². The lowest BCUT2D eigenvalue weighted by molar-refractivity contribution is -0.384. The summed E-state index contributed by atoms with van der Waals surface area (Å²) in [7, 11) is 0. The van der Waals surface area contributed by atoms with Crippen molar-refractivity contribution in [1.29, 1.82) is 0 Å². The summed E-state index contributed by atoms with van der Waals surface area (Å²) in [5.41, 5.74) is 0.511. The summed E-state index contributed by atoms with van der Waals surface area (Å²) >= 11 is 5.66. The van der Waals surface area contributed by atoms with Gasteiger partial charge < -0.3 is 0 Å². The van der Waals surface area contributed by atoms with Gasteiger partial charge in [0.05, 0.1) is 10.6 Å². The van der Waals surface area contributed by atoms with Gasteiger partial charge in [-0.05, 0) is 13.0 Å². The first-order valence-corrected chi connectivity index (χ1v) is 6.54. The van der Waals surface area contributed by atoms with Crippen molar-refractivity contribution in [3.8, 4) is 0 Å². The SMILES string of the molecule is C/C(=N/Nc1c(F)c(F)nc(F)c1F)c1ccc(Cl)c([N+](=O)[O-])c1. The zero-order valence-corrected chi connectivity index (χ0v) is 12.5. The minimum Gasteiger partial charge on any atom is -0.272 e. The number of anilines is 1. The number of hydrogen-bond donors (Lipinski definition) is 1. The van der Waals surface area contributed by atoms with Crippen LogP contribution in [0.4, 0.5) is 28.9 Å². The number of aromatic nitrogens is 1. The normalized spacial score (nSPS) is 11.5. The minimum absolute atomic E-state index is 0.0474. The first-order chi connectivity index (χ1) is 11.2. The van der Waals surface area contributed by atoms with Gasteiger partial charge in [0.25, 0.3) is 17.6 Å². The molecule has 126 valence electrons. The fourth-order valence-electron chi connectivity index (χ4n) is 1.67. The van der Waals surface area contributed by atoms with Crippen LogP contribution in [-0.2, 0) is 0 Å². The van der Waals surface area contributed by atoms with Crippen LogP contribution >= 0.6 is 11.6 Å². The Morgan fingerprint density at radius 2 is 1.83 bits per heavy atom. The van der Waals surface area contributed by atoms with Gasteiger partial charge in [-0.25, -0.2) is 0 Å². The minimum atomic E-state index is -1.84. The quantitative estimate of drug-likeness (QED) is 0.293. The van der Waals surface area contributed by atoms with E-state index in [-0.39, 0.29) is 16.3 Å². The molecule has 0 bridgehead atoms. The van der Waals surface area contributed by atoms with E-state index in [1.165, 1.54) is 19.1 Å². The smallest absolute Gasteiger partial charge is 0.272 e. The Kier molecular flexibility index (Phi) is 4.98. The Morgan fingerprint density at radius 3 is 2.38 bits per heavy atom. The van der Waals surface area contributed by atoms with Gasteiger partial charge in [-0.3, -0.25) is 15.5 Å². The number of nitrogens with zero attached hydrogens (tertiary/aromatic N) is 3. The zero-order valence-electron chi connectivity index (χ0n) is 11.8. The topological polar surface area (TPSA) is 80.4 Å². The van der Waals surface area contributed by atoms with E-state index < -0.39 is 39.8 Å². The van der Waals surface area contributed by atoms with Gasteiger partial charge >= 0.3 is 0 Å². The average Bonchev–Trinajstić information content (AvgIpc) is 2.53. The van der Waals surface area contributed by atoms with Gasteiger partial charge in [0.2, 0.25) is 11.6 Å². The van der Waals surface area contributed by atoms with Crippen LogP contribution in [-0.4, -0.2) is 15.6 Å². The lowest BCUT2D eigenvalue weighted by atomic mass is 10.1. The third kappa shape index (κ3) is 3.43. The molecule has 2 rings (SSSR count). The van der Waals surface area contributed by atoms with Crippen LogP contribution in [0.3, 0.4) is 0 Å². The van der Waals surface area contributed by atoms with Crippen molar-refractivity contribution >= 4 is 28.7 Å². The third-order valence-corrected chi connectivity index (χ3v) is 3.21. The fraction of sp³-hybridized carbons (Fsp3) is 0.0769. The van der Waals surface area contributed by atoms with E-state index in [1.54, 1.807) is 0 Å². The Labute approximate surface area is 136 Å². The van der Waals surface area contributed by atoms with E-state index >= 15 is 0 Å². The third-order valence-electron chi connectivity index (χ3n) is 2.89. The number of nitrogens with one attached hydrogen (secondary N) is 1.